The van der Waals surface area contributed by atoms with Crippen molar-refractivity contribution in [3.8, 4) is 23.6 Å². The van der Waals surface area contributed by atoms with Crippen LogP contribution < -0.4 is 9.47 Å². The average Bonchev–Trinajstić information content (AvgIpc) is 3.55. The molecule has 2 aromatic rings. The van der Waals surface area contributed by atoms with Crippen molar-refractivity contribution in [2.24, 2.45) is 0 Å². The van der Waals surface area contributed by atoms with Crippen LogP contribution in [0.1, 0.15) is 45.1 Å². The Balaban J connectivity index is 0.000000248. The van der Waals surface area contributed by atoms with Crippen molar-refractivity contribution in [1.29, 1.82) is 5.26 Å². The van der Waals surface area contributed by atoms with E-state index in [1.807, 2.05) is 19.1 Å². The van der Waals surface area contributed by atoms with Gasteiger partial charge in [0.2, 0.25) is 11.8 Å². The number of likely N-dealkylation sites (N-methyl/N-ethyl adjacent to an activating group) is 1. The highest BCUT2D eigenvalue weighted by atomic mass is 35.5. The lowest BCUT2D eigenvalue weighted by molar-refractivity contribution is 0.0674. The molecular weight excluding hydrogens is 479 g/mol. The molecule has 0 radical (unpaired) electrons. The number of amides is 1. The second-order valence-electron chi connectivity index (χ2n) is 7.82. The van der Waals surface area contributed by atoms with E-state index in [1.54, 1.807) is 24.1 Å². The van der Waals surface area contributed by atoms with E-state index in [2.05, 4.69) is 23.0 Å². The third-order valence-corrected chi connectivity index (χ3v) is 5.41. The molecule has 0 spiro atoms. The molecule has 0 bridgehead atoms. The van der Waals surface area contributed by atoms with Crippen molar-refractivity contribution in [3.05, 3.63) is 52.3 Å². The number of ether oxygens (including phenoxy) is 3. The fourth-order valence-electron chi connectivity index (χ4n) is 2.47. The van der Waals surface area contributed by atoms with Gasteiger partial charge in [-0.2, -0.15) is 10.2 Å². The van der Waals surface area contributed by atoms with Gasteiger partial charge in [0.15, 0.2) is 5.02 Å². The number of nitriles is 1. The summed E-state index contributed by atoms with van der Waals surface area (Å²) < 4.78 is 15.7. The molecule has 1 saturated carbocycles. The number of benzene rings is 1. The summed E-state index contributed by atoms with van der Waals surface area (Å²) in [7, 11) is 3.21. The first-order valence-electron chi connectivity index (χ1n) is 10.7. The van der Waals surface area contributed by atoms with Crippen LogP contribution in [0.15, 0.2) is 36.7 Å². The highest BCUT2D eigenvalue weighted by Crippen LogP contribution is 2.39. The average molecular weight is 507 g/mol. The van der Waals surface area contributed by atoms with E-state index in [9.17, 15) is 4.79 Å². The van der Waals surface area contributed by atoms with Crippen molar-refractivity contribution < 1.29 is 19.0 Å². The van der Waals surface area contributed by atoms with E-state index in [-0.39, 0.29) is 33.5 Å². The molecule has 1 amide bonds. The Labute approximate surface area is 210 Å². The summed E-state index contributed by atoms with van der Waals surface area (Å²) in [6.45, 7) is 4.75. The Kier molecular flexibility index (Phi) is 10.4. The summed E-state index contributed by atoms with van der Waals surface area (Å²) in [5.41, 5.74) is 0.266. The van der Waals surface area contributed by atoms with Gasteiger partial charge in [-0.25, -0.2) is 9.78 Å². The van der Waals surface area contributed by atoms with Crippen LogP contribution in [0, 0.1) is 11.3 Å². The maximum atomic E-state index is 11.5. The Hall–Kier alpha value is -3.02. The van der Waals surface area contributed by atoms with E-state index < -0.39 is 0 Å². The lowest BCUT2D eigenvalue weighted by Gasteiger charge is -2.18. The lowest BCUT2D eigenvalue weighted by atomic mass is 10.2. The van der Waals surface area contributed by atoms with E-state index in [0.717, 1.165) is 25.7 Å². The number of hydrogen-bond donors (Lipinski definition) is 0. The molecule has 0 saturated heterocycles. The van der Waals surface area contributed by atoms with Crippen LogP contribution in [0.3, 0.4) is 0 Å². The smallest absolute Gasteiger partial charge is 0.410 e. The van der Waals surface area contributed by atoms with Crippen LogP contribution in [0.4, 0.5) is 4.79 Å². The van der Waals surface area contributed by atoms with Crippen LogP contribution in [-0.2, 0) is 4.74 Å². The van der Waals surface area contributed by atoms with E-state index in [1.165, 1.54) is 19.5 Å². The third-order valence-electron chi connectivity index (χ3n) is 4.79. The van der Waals surface area contributed by atoms with Gasteiger partial charge in [-0.3, -0.25) is 0 Å². The van der Waals surface area contributed by atoms with E-state index >= 15 is 0 Å². The van der Waals surface area contributed by atoms with Gasteiger partial charge >= 0.3 is 6.09 Å². The molecule has 0 atom stereocenters. The summed E-state index contributed by atoms with van der Waals surface area (Å²) in [5, 5.41) is 9.18. The highest BCUT2D eigenvalue weighted by molar-refractivity contribution is 6.33. The van der Waals surface area contributed by atoms with Crippen LogP contribution >= 0.6 is 23.2 Å². The fourth-order valence-corrected chi connectivity index (χ4v) is 2.90. The number of methoxy groups -OCH3 is 1. The summed E-state index contributed by atoms with van der Waals surface area (Å²) in [6, 6.07) is 6.60. The number of carbonyl (C=O) groups excluding carboxylic acids is 1. The van der Waals surface area contributed by atoms with Crippen molar-refractivity contribution in [3.63, 3.8) is 0 Å². The molecule has 0 aliphatic heterocycles. The maximum absolute atomic E-state index is 11.5. The monoisotopic (exact) mass is 506 g/mol. The maximum Gasteiger partial charge on any atom is 0.410 e. The Morgan fingerprint density at radius 2 is 1.97 bits per heavy atom. The van der Waals surface area contributed by atoms with Crippen LogP contribution in [-0.4, -0.2) is 47.3 Å². The minimum Gasteiger partial charge on any atom is -0.480 e. The van der Waals surface area contributed by atoms with E-state index in [0.29, 0.717) is 17.9 Å². The van der Waals surface area contributed by atoms with Crippen molar-refractivity contribution in [1.82, 2.24) is 14.9 Å². The first kappa shape index (κ1) is 27.2. The van der Waals surface area contributed by atoms with Gasteiger partial charge in [-0.1, -0.05) is 48.7 Å². The van der Waals surface area contributed by atoms with Crippen molar-refractivity contribution in [2.75, 3.05) is 20.7 Å². The number of rotatable bonds is 8. The summed E-state index contributed by atoms with van der Waals surface area (Å²) in [5.74, 6) is 0.667. The lowest BCUT2D eigenvalue weighted by Crippen LogP contribution is -2.31. The zero-order valence-corrected chi connectivity index (χ0v) is 21.2. The zero-order chi connectivity index (χ0) is 25.1. The molecule has 3 rings (SSSR count). The largest absolute Gasteiger partial charge is 0.480 e. The fraction of sp³-hybridized carbons (Fsp3) is 0.417. The zero-order valence-electron chi connectivity index (χ0n) is 19.7. The van der Waals surface area contributed by atoms with Gasteiger partial charge in [0.25, 0.3) is 0 Å². The van der Waals surface area contributed by atoms with Crippen molar-refractivity contribution in [2.45, 2.75) is 45.1 Å². The van der Waals surface area contributed by atoms with Gasteiger partial charge in [0.05, 0.1) is 23.8 Å². The molecule has 1 aromatic heterocycles. The molecule has 1 heterocycles. The van der Waals surface area contributed by atoms with Crippen LogP contribution in [0.5, 0.6) is 17.5 Å². The molecule has 1 aromatic carbocycles. The number of allylic oxidation sites excluding steroid dienone is 1. The molecule has 1 aliphatic rings. The SMILES string of the molecule is CCC/C=C\CN(C)C(=O)OC1(C)CC1.COc1ncnc(Oc2ccc(C#N)cc2Cl)c1Cl. The van der Waals surface area contributed by atoms with Crippen molar-refractivity contribution >= 4 is 29.3 Å². The molecular formula is C24H28Cl2N4O4. The second-order valence-corrected chi connectivity index (χ2v) is 8.60. The first-order valence-corrected chi connectivity index (χ1v) is 11.5. The number of hydrogen-bond acceptors (Lipinski definition) is 7. The summed E-state index contributed by atoms with van der Waals surface area (Å²) >= 11 is 12.0. The van der Waals surface area contributed by atoms with Gasteiger partial charge < -0.3 is 19.1 Å². The Morgan fingerprint density at radius 3 is 2.56 bits per heavy atom. The molecule has 182 valence electrons. The highest BCUT2D eigenvalue weighted by Gasteiger charge is 2.42. The summed E-state index contributed by atoms with van der Waals surface area (Å²) in [4.78, 5) is 20.9. The Morgan fingerprint density at radius 1 is 1.26 bits per heavy atom. The molecule has 0 N–H and O–H groups in total. The van der Waals surface area contributed by atoms with Gasteiger partial charge in [0, 0.05) is 13.6 Å². The van der Waals surface area contributed by atoms with E-state index in [4.69, 9.17) is 42.7 Å². The molecule has 8 nitrogen and oxygen atoms in total. The number of nitrogens with zero attached hydrogens (tertiary/aromatic N) is 4. The number of aromatic nitrogens is 2. The number of unbranched alkanes of at least 4 members (excludes halogenated alkanes) is 1. The minimum atomic E-state index is -0.212. The molecule has 10 heteroatoms. The minimum absolute atomic E-state index is 0.125. The normalized spacial score (nSPS) is 13.3. The van der Waals surface area contributed by atoms with Gasteiger partial charge in [-0.05, 0) is 44.4 Å². The number of halogens is 2. The summed E-state index contributed by atoms with van der Waals surface area (Å²) in [6.07, 6.45) is 9.37. The first-order chi connectivity index (χ1) is 16.2. The molecule has 1 fully saturated rings. The Bertz CT molecular complexity index is 1050. The quantitative estimate of drug-likeness (QED) is 0.380. The van der Waals surface area contributed by atoms with Crippen LogP contribution in [0.25, 0.3) is 0 Å². The second kappa shape index (κ2) is 13.0. The van der Waals surface area contributed by atoms with Gasteiger partial charge in [0.1, 0.15) is 17.7 Å². The molecule has 0 unspecified atom stereocenters. The standard InChI is InChI=1S/C12H7Cl2N3O2.C12H21NO2/c1-18-11-10(14)12(17-6-16-11)19-9-3-2-7(5-15)4-8(9)13;1-4-5-6-7-10-13(3)11(14)15-12(2)8-9-12/h2-4,6H,1H3;6-7H,4-5,8-10H2,1-3H3/b;7-6-. The predicted molar refractivity (Wildman–Crippen MR) is 131 cm³/mol. The van der Waals surface area contributed by atoms with Gasteiger partial charge in [-0.15, -0.1) is 0 Å². The van der Waals surface area contributed by atoms with Crippen LogP contribution in [0.2, 0.25) is 10.0 Å². The number of carbonyl (C=O) groups is 1. The molecule has 34 heavy (non-hydrogen) atoms. The third kappa shape index (κ3) is 8.40. The topological polar surface area (TPSA) is 97.6 Å². The molecule has 1 aliphatic carbocycles. The predicted octanol–water partition coefficient (Wildman–Crippen LogP) is 6.42.